The van der Waals surface area contributed by atoms with Crippen molar-refractivity contribution in [1.29, 1.82) is 0 Å². The number of aromatic nitrogens is 5. The van der Waals surface area contributed by atoms with E-state index >= 15 is 0 Å². The van der Waals surface area contributed by atoms with Crippen LogP contribution in [-0.4, -0.2) is 82.3 Å². The lowest BCUT2D eigenvalue weighted by Crippen LogP contribution is -2.37. The second-order valence-corrected chi connectivity index (χ2v) is 10.1. The Bertz CT molecular complexity index is 1630. The molecule has 8 N–H and O–H groups in total. The van der Waals surface area contributed by atoms with Gasteiger partial charge in [0.05, 0.1) is 38.7 Å². The number of hydrogen-bond acceptors (Lipinski definition) is 15. The quantitative estimate of drug-likeness (QED) is 0.164. The summed E-state index contributed by atoms with van der Waals surface area (Å²) in [7, 11) is 1.64. The molecule has 4 aromatic rings. The van der Waals surface area contributed by atoms with E-state index in [2.05, 4.69) is 40.9 Å². The molecule has 15 heteroatoms. The zero-order valence-corrected chi connectivity index (χ0v) is 24.2. The molecule has 0 aliphatic carbocycles. The third kappa shape index (κ3) is 6.53. The zero-order chi connectivity index (χ0) is 30.5. The normalized spacial score (nSPS) is 16.3. The number of benzene rings is 2. The molecule has 2 aliphatic rings. The van der Waals surface area contributed by atoms with Crippen molar-refractivity contribution >= 4 is 52.5 Å². The molecule has 0 bridgehead atoms. The Kier molecular flexibility index (Phi) is 8.47. The molecule has 1 saturated heterocycles. The topological polar surface area (TPSA) is 207 Å². The molecule has 1 unspecified atom stereocenters. The van der Waals surface area contributed by atoms with Crippen LogP contribution in [0.3, 0.4) is 0 Å². The van der Waals surface area contributed by atoms with E-state index < -0.39 is 0 Å². The monoisotopic (exact) mass is 598 g/mol. The number of aliphatic hydroxyl groups excluding tert-OH is 1. The lowest BCUT2D eigenvalue weighted by atomic mass is 9.97. The van der Waals surface area contributed by atoms with Gasteiger partial charge in [0.25, 0.3) is 0 Å². The molecule has 15 nitrogen and oxygen atoms in total. The maximum Gasteiger partial charge on any atom is 0.233 e. The fourth-order valence-corrected chi connectivity index (χ4v) is 4.96. The summed E-state index contributed by atoms with van der Waals surface area (Å²) >= 11 is 0. The smallest absolute Gasteiger partial charge is 0.233 e. The number of nitrogens with two attached hydrogens (primary N) is 2. The van der Waals surface area contributed by atoms with E-state index in [9.17, 15) is 5.11 Å². The molecule has 1 atom stereocenters. The highest BCUT2D eigenvalue weighted by molar-refractivity contribution is 6.05. The Morgan fingerprint density at radius 2 is 1.73 bits per heavy atom. The SMILES string of the molecule is COc1ccc(C2CC(c3ccc(Nc4nc(NCCO)nc(N5CCOCC5)n4)cc3)=Nc3c(N)nc(N)nc3N2)cc1. The van der Waals surface area contributed by atoms with Gasteiger partial charge in [0.1, 0.15) is 11.4 Å². The van der Waals surface area contributed by atoms with Crippen LogP contribution in [0.25, 0.3) is 0 Å². The van der Waals surface area contributed by atoms with E-state index in [1.54, 1.807) is 7.11 Å². The fourth-order valence-electron chi connectivity index (χ4n) is 4.96. The zero-order valence-electron chi connectivity index (χ0n) is 24.2. The van der Waals surface area contributed by atoms with Crippen LogP contribution >= 0.6 is 0 Å². The standard InChI is InChI=1S/C29H34N12O3/c1-43-20-8-4-18(5-9-20)22-16-21(34-23-24(30)36-26(31)37-25(23)35-22)17-2-6-19(7-3-17)33-28-38-27(32-10-13-42)39-29(40-28)41-11-14-44-15-12-41/h2-9,22,42H,10-16H2,1H3,(H5,30,31,35,36,37)(H2,32,33,38,39,40). The first-order valence-electron chi connectivity index (χ1n) is 14.2. The minimum Gasteiger partial charge on any atom is -0.497 e. The van der Waals surface area contributed by atoms with Crippen LogP contribution in [0.15, 0.2) is 53.5 Å². The number of methoxy groups -OCH3 is 1. The Balaban J connectivity index is 1.28. The summed E-state index contributed by atoms with van der Waals surface area (Å²) in [5.74, 6) is 2.79. The van der Waals surface area contributed by atoms with Crippen LogP contribution in [0.4, 0.5) is 46.8 Å². The first-order chi connectivity index (χ1) is 21.5. The fraction of sp³-hybridized carbons (Fsp3) is 0.310. The number of nitrogens with one attached hydrogen (secondary N) is 3. The summed E-state index contributed by atoms with van der Waals surface area (Å²) < 4.78 is 10.8. The van der Waals surface area contributed by atoms with Gasteiger partial charge in [-0.2, -0.15) is 24.9 Å². The second-order valence-electron chi connectivity index (χ2n) is 10.1. The number of anilines is 7. The average molecular weight is 599 g/mol. The minimum atomic E-state index is -0.166. The second kappa shape index (κ2) is 12.9. The summed E-state index contributed by atoms with van der Waals surface area (Å²) in [6.07, 6.45) is 0.547. The lowest BCUT2D eigenvalue weighted by molar-refractivity contribution is 0.122. The van der Waals surface area contributed by atoms with Gasteiger partial charge >= 0.3 is 0 Å². The van der Waals surface area contributed by atoms with Crippen molar-refractivity contribution in [2.24, 2.45) is 4.99 Å². The molecule has 0 saturated carbocycles. The van der Waals surface area contributed by atoms with Crippen molar-refractivity contribution in [3.63, 3.8) is 0 Å². The van der Waals surface area contributed by atoms with Crippen molar-refractivity contribution in [2.75, 3.05) is 78.9 Å². The Hall–Kier alpha value is -5.28. The van der Waals surface area contributed by atoms with Crippen LogP contribution in [0, 0.1) is 0 Å². The summed E-state index contributed by atoms with van der Waals surface area (Å²) in [6.45, 7) is 2.83. The van der Waals surface area contributed by atoms with Crippen molar-refractivity contribution in [1.82, 2.24) is 24.9 Å². The van der Waals surface area contributed by atoms with Gasteiger partial charge in [-0.15, -0.1) is 0 Å². The Morgan fingerprint density at radius 3 is 2.45 bits per heavy atom. The predicted molar refractivity (Wildman–Crippen MR) is 169 cm³/mol. The number of nitrogens with zero attached hydrogens (tertiary/aromatic N) is 7. The molecule has 0 spiro atoms. The maximum atomic E-state index is 9.27. The van der Waals surface area contributed by atoms with Gasteiger partial charge in [0, 0.05) is 31.7 Å². The first-order valence-corrected chi connectivity index (χ1v) is 14.2. The Morgan fingerprint density at radius 1 is 0.977 bits per heavy atom. The summed E-state index contributed by atoms with van der Waals surface area (Å²) in [4.78, 5) is 29.1. The van der Waals surface area contributed by atoms with E-state index in [1.807, 2.05) is 53.4 Å². The molecular weight excluding hydrogens is 564 g/mol. The van der Waals surface area contributed by atoms with Crippen LogP contribution in [0.2, 0.25) is 0 Å². The molecule has 0 radical (unpaired) electrons. The van der Waals surface area contributed by atoms with Gasteiger partial charge < -0.3 is 46.9 Å². The molecule has 0 amide bonds. The summed E-state index contributed by atoms with van der Waals surface area (Å²) in [6, 6.07) is 15.5. The van der Waals surface area contributed by atoms with Gasteiger partial charge in [-0.3, -0.25) is 0 Å². The number of nitrogen functional groups attached to an aromatic ring is 2. The van der Waals surface area contributed by atoms with Gasteiger partial charge in [-0.25, -0.2) is 4.99 Å². The first kappa shape index (κ1) is 28.8. The molecule has 4 heterocycles. The summed E-state index contributed by atoms with van der Waals surface area (Å²) in [5.41, 5.74) is 16.1. The van der Waals surface area contributed by atoms with Gasteiger partial charge in [0.2, 0.25) is 23.8 Å². The highest BCUT2D eigenvalue weighted by Crippen LogP contribution is 2.38. The maximum absolute atomic E-state index is 9.27. The molecule has 44 heavy (non-hydrogen) atoms. The van der Waals surface area contributed by atoms with Crippen molar-refractivity contribution in [3.8, 4) is 5.75 Å². The van der Waals surface area contributed by atoms with Crippen LogP contribution in [0.5, 0.6) is 5.75 Å². The predicted octanol–water partition coefficient (Wildman–Crippen LogP) is 2.50. The number of ether oxygens (including phenoxy) is 2. The highest BCUT2D eigenvalue weighted by Gasteiger charge is 2.25. The minimum absolute atomic E-state index is 0.0445. The van der Waals surface area contributed by atoms with E-state index in [4.69, 9.17) is 25.9 Å². The number of fused-ring (bicyclic) bond motifs is 1. The highest BCUT2D eigenvalue weighted by atomic mass is 16.5. The number of rotatable bonds is 9. The molecule has 2 aromatic carbocycles. The molecule has 2 aliphatic heterocycles. The third-order valence-corrected chi connectivity index (χ3v) is 7.19. The van der Waals surface area contributed by atoms with Crippen molar-refractivity contribution < 1.29 is 14.6 Å². The number of aliphatic imine (C=N–C) groups is 1. The molecule has 2 aromatic heterocycles. The van der Waals surface area contributed by atoms with E-state index in [0.29, 0.717) is 68.6 Å². The van der Waals surface area contributed by atoms with Crippen LogP contribution in [0.1, 0.15) is 23.6 Å². The van der Waals surface area contributed by atoms with Crippen LogP contribution in [-0.2, 0) is 4.74 Å². The van der Waals surface area contributed by atoms with E-state index in [0.717, 1.165) is 28.3 Å². The van der Waals surface area contributed by atoms with E-state index in [-0.39, 0.29) is 24.4 Å². The van der Waals surface area contributed by atoms with E-state index in [1.165, 1.54) is 0 Å². The number of aliphatic hydroxyl groups is 1. The molecule has 6 rings (SSSR count). The van der Waals surface area contributed by atoms with Gasteiger partial charge in [-0.05, 0) is 35.4 Å². The van der Waals surface area contributed by atoms with Crippen LogP contribution < -0.4 is 37.1 Å². The number of morpholine rings is 1. The average Bonchev–Trinajstić information content (AvgIpc) is 3.25. The third-order valence-electron chi connectivity index (χ3n) is 7.19. The summed E-state index contributed by atoms with van der Waals surface area (Å²) in [5, 5.41) is 19.0. The lowest BCUT2D eigenvalue weighted by Gasteiger charge is -2.27. The van der Waals surface area contributed by atoms with Crippen molar-refractivity contribution in [3.05, 3.63) is 59.7 Å². The van der Waals surface area contributed by atoms with Crippen molar-refractivity contribution in [2.45, 2.75) is 12.5 Å². The van der Waals surface area contributed by atoms with Gasteiger partial charge in [-0.1, -0.05) is 24.3 Å². The Labute approximate surface area is 253 Å². The molecular formula is C29H34N12O3. The molecule has 1 fully saturated rings. The number of hydrogen-bond donors (Lipinski definition) is 6. The molecule has 228 valence electrons. The van der Waals surface area contributed by atoms with Gasteiger partial charge in [0.15, 0.2) is 11.6 Å². The largest absolute Gasteiger partial charge is 0.497 e.